The van der Waals surface area contributed by atoms with E-state index >= 15 is 0 Å². The van der Waals surface area contributed by atoms with E-state index in [1.165, 1.54) is 10.4 Å². The molecule has 0 aromatic carbocycles. The first-order chi connectivity index (χ1) is 8.20. The zero-order valence-electron chi connectivity index (χ0n) is 9.66. The summed E-state index contributed by atoms with van der Waals surface area (Å²) in [7, 11) is 0. The zero-order valence-corrected chi connectivity index (χ0v) is 11.3. The molecule has 0 radical (unpaired) electrons. The van der Waals surface area contributed by atoms with Gasteiger partial charge in [0.1, 0.15) is 0 Å². The van der Waals surface area contributed by atoms with Crippen molar-refractivity contribution < 1.29 is 4.79 Å². The van der Waals surface area contributed by atoms with Crippen LogP contribution in [0.5, 0.6) is 0 Å². The van der Waals surface area contributed by atoms with Gasteiger partial charge in [-0.2, -0.15) is 17.0 Å². The molecule has 1 aliphatic rings. The summed E-state index contributed by atoms with van der Waals surface area (Å²) in [4.78, 5) is 14.0. The smallest absolute Gasteiger partial charge is 0.261 e. The van der Waals surface area contributed by atoms with Gasteiger partial charge in [0.25, 0.3) is 5.91 Å². The fourth-order valence-electron chi connectivity index (χ4n) is 1.64. The number of carbonyl (C=O) groups excluding carboxylic acids is 1. The van der Waals surface area contributed by atoms with Crippen LogP contribution in [0.2, 0.25) is 0 Å². The average Bonchev–Trinajstić information content (AvgIpc) is 2.79. The molecule has 1 aromatic rings. The molecule has 1 amide bonds. The van der Waals surface area contributed by atoms with Crippen molar-refractivity contribution in [2.75, 3.05) is 12.3 Å². The molecule has 1 aromatic heterocycles. The number of aryl methyl sites for hydroxylation is 1. The van der Waals surface area contributed by atoms with Crippen LogP contribution in [-0.4, -0.2) is 18.2 Å². The Kier molecular flexibility index (Phi) is 4.08. The number of hydrogen-bond acceptors (Lipinski definition) is 4. The fourth-order valence-corrected chi connectivity index (χ4v) is 3.93. The number of nitriles is 1. The minimum atomic E-state index is -0.135. The second-order valence-electron chi connectivity index (χ2n) is 4.10. The van der Waals surface area contributed by atoms with Crippen molar-refractivity contribution in [2.24, 2.45) is 5.92 Å². The molecule has 0 spiro atoms. The maximum absolute atomic E-state index is 11.9. The summed E-state index contributed by atoms with van der Waals surface area (Å²) in [6.07, 6.45) is 1.08. The molecule has 0 fully saturated rings. The number of nitrogens with one attached hydrogen (secondary N) is 1. The lowest BCUT2D eigenvalue weighted by Crippen LogP contribution is -2.27. The number of thioether (sulfide) groups is 1. The Morgan fingerprint density at radius 2 is 2.53 bits per heavy atom. The van der Waals surface area contributed by atoms with Crippen molar-refractivity contribution >= 4 is 29.0 Å². The lowest BCUT2D eigenvalue weighted by Gasteiger charge is -2.08. The van der Waals surface area contributed by atoms with Crippen LogP contribution in [-0.2, 0) is 12.2 Å². The molecule has 17 heavy (non-hydrogen) atoms. The third-order valence-electron chi connectivity index (χ3n) is 2.64. The van der Waals surface area contributed by atoms with Crippen LogP contribution in [0.1, 0.15) is 27.0 Å². The Morgan fingerprint density at radius 1 is 1.71 bits per heavy atom. The molecule has 1 atom stereocenters. The van der Waals surface area contributed by atoms with E-state index in [9.17, 15) is 4.79 Å². The Morgan fingerprint density at radius 3 is 3.24 bits per heavy atom. The van der Waals surface area contributed by atoms with Gasteiger partial charge in [0.2, 0.25) is 0 Å². The topological polar surface area (TPSA) is 52.9 Å². The van der Waals surface area contributed by atoms with E-state index in [4.69, 9.17) is 5.26 Å². The number of carbonyl (C=O) groups is 1. The summed E-state index contributed by atoms with van der Waals surface area (Å²) in [6.45, 7) is 2.23. The predicted octanol–water partition coefficient (Wildman–Crippen LogP) is 2.43. The molecule has 5 heteroatoms. The summed E-state index contributed by atoms with van der Waals surface area (Å²) in [5.74, 6) is 1.99. The predicted molar refractivity (Wildman–Crippen MR) is 71.3 cm³/mol. The van der Waals surface area contributed by atoms with Crippen molar-refractivity contribution in [2.45, 2.75) is 19.1 Å². The van der Waals surface area contributed by atoms with Crippen molar-refractivity contribution in [3.05, 3.63) is 21.4 Å². The summed E-state index contributed by atoms with van der Waals surface area (Å²) >= 11 is 3.51. The molecule has 1 unspecified atom stereocenters. The van der Waals surface area contributed by atoms with Crippen LogP contribution < -0.4 is 5.32 Å². The number of amides is 1. The Labute approximate surface area is 109 Å². The highest BCUT2D eigenvalue weighted by molar-refractivity contribution is 7.98. The third kappa shape index (κ3) is 3.02. The first kappa shape index (κ1) is 12.5. The van der Waals surface area contributed by atoms with Gasteiger partial charge in [-0.05, 0) is 30.7 Å². The number of nitrogens with zero attached hydrogens (tertiary/aromatic N) is 1. The van der Waals surface area contributed by atoms with E-state index < -0.39 is 0 Å². The third-order valence-corrected chi connectivity index (χ3v) is 4.88. The molecule has 1 N–H and O–H groups in total. The molecule has 2 heterocycles. The number of hydrogen-bond donors (Lipinski definition) is 1. The summed E-state index contributed by atoms with van der Waals surface area (Å²) in [6, 6.07) is 4.10. The fraction of sp³-hybridized carbons (Fsp3) is 0.500. The van der Waals surface area contributed by atoms with E-state index in [2.05, 4.69) is 11.4 Å². The Hall–Kier alpha value is -0.990. The summed E-state index contributed by atoms with van der Waals surface area (Å²) in [5.41, 5.74) is 1.31. The highest BCUT2D eigenvalue weighted by Gasteiger charge is 2.17. The maximum atomic E-state index is 11.9. The normalized spacial score (nSPS) is 15.8. The lowest BCUT2D eigenvalue weighted by atomic mass is 10.2. The standard InChI is InChI=1S/C12H14N2OS2/c1-8(5-13)6-14-12(15)11-4-9-7-16-3-2-10(9)17-11/h4,8H,2-3,6-7H2,1H3,(H,14,15). The summed E-state index contributed by atoms with van der Waals surface area (Å²) < 4.78 is 0. The van der Waals surface area contributed by atoms with Crippen LogP contribution in [0.3, 0.4) is 0 Å². The maximum Gasteiger partial charge on any atom is 0.261 e. The Bertz CT molecular complexity index is 438. The van der Waals surface area contributed by atoms with Gasteiger partial charge in [-0.25, -0.2) is 0 Å². The van der Waals surface area contributed by atoms with Crippen LogP contribution in [0.4, 0.5) is 0 Å². The summed E-state index contributed by atoms with van der Waals surface area (Å²) in [5, 5.41) is 11.5. The molecular weight excluding hydrogens is 252 g/mol. The lowest BCUT2D eigenvalue weighted by molar-refractivity contribution is 0.0955. The molecule has 3 nitrogen and oxygen atoms in total. The van der Waals surface area contributed by atoms with E-state index in [-0.39, 0.29) is 11.8 Å². The minimum Gasteiger partial charge on any atom is -0.350 e. The van der Waals surface area contributed by atoms with Crippen LogP contribution >= 0.6 is 23.1 Å². The van der Waals surface area contributed by atoms with Gasteiger partial charge in [0.15, 0.2) is 0 Å². The largest absolute Gasteiger partial charge is 0.350 e. The molecule has 90 valence electrons. The second-order valence-corrected chi connectivity index (χ2v) is 6.34. The highest BCUT2D eigenvalue weighted by Crippen LogP contribution is 2.31. The van der Waals surface area contributed by atoms with E-state index in [0.29, 0.717) is 6.54 Å². The molecule has 1 aliphatic heterocycles. The van der Waals surface area contributed by atoms with Gasteiger partial charge in [-0.1, -0.05) is 0 Å². The van der Waals surface area contributed by atoms with Gasteiger partial charge in [0, 0.05) is 17.2 Å². The highest BCUT2D eigenvalue weighted by atomic mass is 32.2. The SMILES string of the molecule is CC(C#N)CNC(=O)c1cc2c(s1)CCSC2. The van der Waals surface area contributed by atoms with E-state index in [1.54, 1.807) is 18.3 Å². The first-order valence-electron chi connectivity index (χ1n) is 5.58. The van der Waals surface area contributed by atoms with Crippen LogP contribution in [0.25, 0.3) is 0 Å². The van der Waals surface area contributed by atoms with Gasteiger partial charge < -0.3 is 5.32 Å². The van der Waals surface area contributed by atoms with Crippen LogP contribution in [0, 0.1) is 17.2 Å². The Balaban J connectivity index is 2.00. The van der Waals surface area contributed by atoms with Gasteiger partial charge >= 0.3 is 0 Å². The zero-order chi connectivity index (χ0) is 12.3. The number of rotatable bonds is 3. The van der Waals surface area contributed by atoms with Crippen molar-refractivity contribution in [1.29, 1.82) is 5.26 Å². The average molecular weight is 266 g/mol. The number of fused-ring (bicyclic) bond motifs is 1. The van der Waals surface area contributed by atoms with E-state index in [1.807, 2.05) is 17.8 Å². The van der Waals surface area contributed by atoms with Crippen molar-refractivity contribution in [3.8, 4) is 6.07 Å². The van der Waals surface area contributed by atoms with Crippen LogP contribution in [0.15, 0.2) is 6.07 Å². The molecule has 2 rings (SSSR count). The second kappa shape index (κ2) is 5.56. The first-order valence-corrected chi connectivity index (χ1v) is 7.55. The number of thiophene rings is 1. The monoisotopic (exact) mass is 266 g/mol. The quantitative estimate of drug-likeness (QED) is 0.914. The molecule has 0 saturated carbocycles. The molecule has 0 aliphatic carbocycles. The molecule has 0 saturated heterocycles. The van der Waals surface area contributed by atoms with Crippen molar-refractivity contribution in [3.63, 3.8) is 0 Å². The van der Waals surface area contributed by atoms with Gasteiger partial charge in [-0.15, -0.1) is 11.3 Å². The van der Waals surface area contributed by atoms with Crippen molar-refractivity contribution in [1.82, 2.24) is 5.32 Å². The van der Waals surface area contributed by atoms with Gasteiger partial charge in [-0.3, -0.25) is 4.79 Å². The van der Waals surface area contributed by atoms with E-state index in [0.717, 1.165) is 22.8 Å². The van der Waals surface area contributed by atoms with Gasteiger partial charge in [0.05, 0.1) is 16.9 Å². The molecule has 0 bridgehead atoms. The molecular formula is C12H14N2OS2. The minimum absolute atomic E-state index is 0.0449.